The Morgan fingerprint density at radius 3 is 2.25 bits per heavy atom. The minimum atomic E-state index is -5.04. The Labute approximate surface area is 88.4 Å². The maximum atomic E-state index is 11.9. The number of nitrogens with two attached hydrogens (primary N) is 1. The van der Waals surface area contributed by atoms with Gasteiger partial charge in [-0.1, -0.05) is 0 Å². The van der Waals surface area contributed by atoms with Crippen LogP contribution in [-0.2, 0) is 4.79 Å². The number of rotatable bonds is 2. The highest BCUT2D eigenvalue weighted by Crippen LogP contribution is 2.22. The van der Waals surface area contributed by atoms with E-state index in [0.717, 1.165) is 0 Å². The molecule has 0 saturated carbocycles. The zero-order valence-electron chi connectivity index (χ0n) is 7.86. The van der Waals surface area contributed by atoms with E-state index in [1.54, 1.807) is 0 Å². The summed E-state index contributed by atoms with van der Waals surface area (Å²) >= 11 is 0. The molecule has 0 spiro atoms. The van der Waals surface area contributed by atoms with E-state index >= 15 is 0 Å². The Morgan fingerprint density at radius 2 is 1.81 bits per heavy atom. The van der Waals surface area contributed by atoms with Gasteiger partial charge in [-0.2, -0.15) is 13.2 Å². The van der Waals surface area contributed by atoms with Crippen molar-refractivity contribution in [2.45, 2.75) is 12.3 Å². The Morgan fingerprint density at radius 1 is 1.31 bits per heavy atom. The van der Waals surface area contributed by atoms with Crippen LogP contribution in [-0.4, -0.2) is 23.4 Å². The Kier molecular flexibility index (Phi) is 3.38. The second kappa shape index (κ2) is 4.40. The largest absolute Gasteiger partial charge is 0.425 e. The summed E-state index contributed by atoms with van der Waals surface area (Å²) in [5.74, 6) is -1.90. The molecule has 0 bridgehead atoms. The fraction of sp³-hybridized carbons (Fsp3) is 0.222. The molecule has 0 aliphatic carbocycles. The smallest absolute Gasteiger partial charge is 0.424 e. The molecule has 0 aromatic heterocycles. The topological polar surface area (TPSA) is 72.5 Å². The first-order valence-corrected chi connectivity index (χ1v) is 4.12. The molecule has 0 fully saturated rings. The van der Waals surface area contributed by atoms with E-state index in [0.29, 0.717) is 5.69 Å². The van der Waals surface area contributed by atoms with Crippen LogP contribution in [0.15, 0.2) is 24.3 Å². The minimum absolute atomic E-state index is 0.123. The lowest BCUT2D eigenvalue weighted by Gasteiger charge is -2.13. The zero-order valence-corrected chi connectivity index (χ0v) is 7.86. The Hall–Kier alpha value is -1.76. The molecule has 0 heterocycles. The highest BCUT2D eigenvalue weighted by Gasteiger charge is 2.45. The normalized spacial score (nSPS) is 13.2. The third-order valence-corrected chi connectivity index (χ3v) is 1.63. The van der Waals surface area contributed by atoms with Gasteiger partial charge in [0.05, 0.1) is 0 Å². The van der Waals surface area contributed by atoms with Crippen molar-refractivity contribution in [3.05, 3.63) is 24.3 Å². The number of esters is 1. The Balaban J connectivity index is 2.68. The van der Waals surface area contributed by atoms with Gasteiger partial charge in [0.25, 0.3) is 0 Å². The summed E-state index contributed by atoms with van der Waals surface area (Å²) < 4.78 is 40.0. The average molecular weight is 235 g/mol. The summed E-state index contributed by atoms with van der Waals surface area (Å²) in [6, 6.07) is 5.14. The predicted molar refractivity (Wildman–Crippen MR) is 48.6 cm³/mol. The van der Waals surface area contributed by atoms with Gasteiger partial charge in [-0.25, -0.2) is 4.79 Å². The number of aliphatic hydroxyl groups excluding tert-OH is 1. The molecule has 0 radical (unpaired) electrons. The average Bonchev–Trinajstić information content (AvgIpc) is 2.19. The van der Waals surface area contributed by atoms with Gasteiger partial charge in [-0.15, -0.1) is 0 Å². The van der Waals surface area contributed by atoms with Gasteiger partial charge < -0.3 is 15.6 Å². The molecule has 7 heteroatoms. The van der Waals surface area contributed by atoms with E-state index in [2.05, 4.69) is 4.74 Å². The fourth-order valence-electron chi connectivity index (χ4n) is 0.841. The van der Waals surface area contributed by atoms with Crippen LogP contribution in [0.3, 0.4) is 0 Å². The number of carbonyl (C=O) groups is 1. The lowest BCUT2D eigenvalue weighted by atomic mass is 10.3. The van der Waals surface area contributed by atoms with Gasteiger partial charge in [-0.05, 0) is 24.3 Å². The molecule has 1 rings (SSSR count). The zero-order chi connectivity index (χ0) is 12.3. The second-order valence-electron chi connectivity index (χ2n) is 2.93. The van der Waals surface area contributed by atoms with E-state index < -0.39 is 18.2 Å². The van der Waals surface area contributed by atoms with E-state index in [9.17, 15) is 18.0 Å². The fourth-order valence-corrected chi connectivity index (χ4v) is 0.841. The number of ether oxygens (including phenoxy) is 1. The molecule has 1 aromatic rings. The number of hydrogen-bond acceptors (Lipinski definition) is 4. The van der Waals surface area contributed by atoms with Crippen LogP contribution in [0.1, 0.15) is 0 Å². The van der Waals surface area contributed by atoms with Gasteiger partial charge in [0.1, 0.15) is 5.75 Å². The van der Waals surface area contributed by atoms with Crippen molar-refractivity contribution < 1.29 is 27.8 Å². The summed E-state index contributed by atoms with van der Waals surface area (Å²) in [5.41, 5.74) is 5.69. The maximum Gasteiger partial charge on any atom is 0.425 e. The predicted octanol–water partition coefficient (Wildman–Crippen LogP) is 1.10. The van der Waals surface area contributed by atoms with Crippen molar-refractivity contribution in [2.75, 3.05) is 5.73 Å². The highest BCUT2D eigenvalue weighted by atomic mass is 19.4. The molecule has 1 unspecified atom stereocenters. The molecule has 0 aliphatic rings. The van der Waals surface area contributed by atoms with E-state index in [-0.39, 0.29) is 5.75 Å². The third-order valence-electron chi connectivity index (χ3n) is 1.63. The Bertz CT molecular complexity index is 375. The lowest BCUT2D eigenvalue weighted by molar-refractivity contribution is -0.212. The van der Waals surface area contributed by atoms with Gasteiger partial charge in [0, 0.05) is 5.69 Å². The van der Waals surface area contributed by atoms with Crippen LogP contribution >= 0.6 is 0 Å². The van der Waals surface area contributed by atoms with Crippen LogP contribution in [0.25, 0.3) is 0 Å². The van der Waals surface area contributed by atoms with Crippen LogP contribution < -0.4 is 10.5 Å². The summed E-state index contributed by atoms with van der Waals surface area (Å²) in [4.78, 5) is 10.8. The monoisotopic (exact) mass is 235 g/mol. The van der Waals surface area contributed by atoms with E-state index in [4.69, 9.17) is 10.8 Å². The van der Waals surface area contributed by atoms with Gasteiger partial charge in [0.2, 0.25) is 6.10 Å². The van der Waals surface area contributed by atoms with Crippen LogP contribution in [0, 0.1) is 0 Å². The molecule has 16 heavy (non-hydrogen) atoms. The number of benzene rings is 1. The minimum Gasteiger partial charge on any atom is -0.424 e. The number of hydrogen-bond donors (Lipinski definition) is 2. The molecule has 3 N–H and O–H groups in total. The van der Waals surface area contributed by atoms with Crippen molar-refractivity contribution in [1.29, 1.82) is 0 Å². The van der Waals surface area contributed by atoms with Crippen molar-refractivity contribution >= 4 is 11.7 Å². The standard InChI is InChI=1S/C9H8F3NO3/c10-9(11,12)7(14)8(15)16-6-3-1-5(13)2-4-6/h1-4,7,14H,13H2. The molecule has 0 aliphatic heterocycles. The van der Waals surface area contributed by atoms with Crippen LogP contribution in [0.4, 0.5) is 18.9 Å². The summed E-state index contributed by atoms with van der Waals surface area (Å²) in [7, 11) is 0. The van der Waals surface area contributed by atoms with Crippen LogP contribution in [0.5, 0.6) is 5.75 Å². The van der Waals surface area contributed by atoms with Gasteiger partial charge in [-0.3, -0.25) is 0 Å². The first-order chi connectivity index (χ1) is 7.30. The maximum absolute atomic E-state index is 11.9. The van der Waals surface area contributed by atoms with Crippen molar-refractivity contribution in [3.8, 4) is 5.75 Å². The van der Waals surface area contributed by atoms with Crippen molar-refractivity contribution in [3.63, 3.8) is 0 Å². The van der Waals surface area contributed by atoms with Gasteiger partial charge >= 0.3 is 12.1 Å². The number of aliphatic hydroxyl groups is 1. The highest BCUT2D eigenvalue weighted by molar-refractivity contribution is 5.77. The first-order valence-electron chi connectivity index (χ1n) is 4.12. The molecule has 4 nitrogen and oxygen atoms in total. The SMILES string of the molecule is Nc1ccc(OC(=O)C(O)C(F)(F)F)cc1. The van der Waals surface area contributed by atoms with Crippen molar-refractivity contribution in [1.82, 2.24) is 0 Å². The number of carbonyl (C=O) groups excluding carboxylic acids is 1. The lowest BCUT2D eigenvalue weighted by Crippen LogP contribution is -2.39. The number of nitrogen functional groups attached to an aromatic ring is 1. The molecule has 0 saturated heterocycles. The van der Waals surface area contributed by atoms with E-state index in [1.165, 1.54) is 24.3 Å². The number of halogens is 3. The molecular weight excluding hydrogens is 227 g/mol. The molecule has 0 amide bonds. The third kappa shape index (κ3) is 3.13. The summed E-state index contributed by atoms with van der Waals surface area (Å²) in [5, 5.41) is 8.55. The summed E-state index contributed by atoms with van der Waals surface area (Å²) in [6.45, 7) is 0. The molecule has 1 aromatic carbocycles. The van der Waals surface area contributed by atoms with Crippen LogP contribution in [0.2, 0.25) is 0 Å². The molecule has 88 valence electrons. The van der Waals surface area contributed by atoms with Crippen molar-refractivity contribution in [2.24, 2.45) is 0 Å². The quantitative estimate of drug-likeness (QED) is 0.457. The molecular formula is C9H8F3NO3. The second-order valence-corrected chi connectivity index (χ2v) is 2.93. The first kappa shape index (κ1) is 12.3. The van der Waals surface area contributed by atoms with Gasteiger partial charge in [0.15, 0.2) is 0 Å². The van der Waals surface area contributed by atoms with E-state index in [1.807, 2.05) is 0 Å². The number of alkyl halides is 3. The molecule has 1 atom stereocenters. The summed E-state index contributed by atoms with van der Waals surface area (Å²) in [6.07, 6.45) is -8.18. The number of anilines is 1.